The van der Waals surface area contributed by atoms with Gasteiger partial charge in [-0.3, -0.25) is 9.59 Å². The molecule has 0 fully saturated rings. The van der Waals surface area contributed by atoms with E-state index in [-0.39, 0.29) is 73.1 Å². The van der Waals surface area contributed by atoms with E-state index in [2.05, 4.69) is 0 Å². The lowest BCUT2D eigenvalue weighted by Gasteiger charge is -2.41. The Morgan fingerprint density at radius 3 is 2.45 bits per heavy atom. The van der Waals surface area contributed by atoms with Crippen LogP contribution in [0.2, 0.25) is 5.02 Å². The summed E-state index contributed by atoms with van der Waals surface area (Å²) in [7, 11) is 5.61. The predicted molar refractivity (Wildman–Crippen MR) is 147 cm³/mol. The first kappa shape index (κ1) is 26.8. The molecule has 2 aliphatic heterocycles. The molecule has 3 N–H and O–H groups in total. The second kappa shape index (κ2) is 9.21. The molecule has 0 radical (unpaired) electrons. The Morgan fingerprint density at radius 1 is 1.00 bits per heavy atom. The summed E-state index contributed by atoms with van der Waals surface area (Å²) in [5.41, 5.74) is -0.0907. The van der Waals surface area contributed by atoms with Crippen LogP contribution in [0.5, 0.6) is 23.0 Å². The van der Waals surface area contributed by atoms with Gasteiger partial charge in [-0.1, -0.05) is 11.6 Å². The van der Waals surface area contributed by atoms with Crippen molar-refractivity contribution in [3.05, 3.63) is 55.7 Å². The third kappa shape index (κ3) is 3.21. The number of aliphatic hydroxyl groups excluding tert-OH is 1. The van der Waals surface area contributed by atoms with Gasteiger partial charge in [-0.2, -0.15) is 0 Å². The molecule has 218 valence electrons. The van der Waals surface area contributed by atoms with Crippen molar-refractivity contribution in [2.24, 2.45) is 0 Å². The fraction of sp³-hybridized carbons (Fsp3) is 0.310. The minimum Gasteiger partial charge on any atom is -0.506 e. The first-order chi connectivity index (χ1) is 20.2. The van der Waals surface area contributed by atoms with E-state index in [9.17, 15) is 24.9 Å². The second-order valence-corrected chi connectivity index (χ2v) is 10.6. The highest BCUT2D eigenvalue weighted by molar-refractivity contribution is 6.33. The van der Waals surface area contributed by atoms with Crippen LogP contribution in [0, 0.1) is 0 Å². The smallest absolute Gasteiger partial charge is 0.259 e. The molecule has 3 heterocycles. The molecule has 0 saturated carbocycles. The van der Waals surface area contributed by atoms with E-state index < -0.39 is 47.4 Å². The summed E-state index contributed by atoms with van der Waals surface area (Å²) < 4.78 is 34.6. The molecule has 0 bridgehead atoms. The van der Waals surface area contributed by atoms with E-state index in [4.69, 9.17) is 39.7 Å². The number of aliphatic hydroxyl groups is 1. The molecule has 13 heteroatoms. The number of halogens is 1. The largest absolute Gasteiger partial charge is 0.506 e. The van der Waals surface area contributed by atoms with Crippen molar-refractivity contribution in [1.29, 1.82) is 0 Å². The average molecular weight is 603 g/mol. The third-order valence-corrected chi connectivity index (χ3v) is 8.59. The monoisotopic (exact) mass is 602 g/mol. The normalized spacial score (nSPS) is 22.5. The van der Waals surface area contributed by atoms with E-state index >= 15 is 0 Å². The minimum atomic E-state index is -1.31. The van der Waals surface area contributed by atoms with Crippen LogP contribution in [0.25, 0.3) is 33.1 Å². The van der Waals surface area contributed by atoms with Gasteiger partial charge >= 0.3 is 0 Å². The molecule has 0 saturated heterocycles. The highest BCUT2D eigenvalue weighted by Gasteiger charge is 2.48. The number of fused-ring (bicyclic) bond motifs is 6. The number of hydrogen-bond donors (Lipinski definition) is 3. The van der Waals surface area contributed by atoms with Crippen LogP contribution in [-0.2, 0) is 14.2 Å². The molecule has 7 rings (SSSR count). The number of methoxy groups -OCH3 is 3. The van der Waals surface area contributed by atoms with Gasteiger partial charge in [0.05, 0.1) is 23.1 Å². The van der Waals surface area contributed by atoms with Crippen LogP contribution in [0.15, 0.2) is 27.4 Å². The zero-order chi connectivity index (χ0) is 29.8. The van der Waals surface area contributed by atoms with E-state index in [0.29, 0.717) is 5.56 Å². The summed E-state index contributed by atoms with van der Waals surface area (Å²) >= 11 is 6.29. The number of likely N-dealkylation sites (N-methyl/N-ethyl adjacent to an activating group) is 1. The number of benzene rings is 3. The first-order valence-corrected chi connectivity index (χ1v) is 13.2. The number of carbonyl (C=O) groups is 1. The van der Waals surface area contributed by atoms with Crippen LogP contribution < -0.4 is 14.9 Å². The van der Waals surface area contributed by atoms with Crippen molar-refractivity contribution < 1.29 is 48.2 Å². The van der Waals surface area contributed by atoms with Crippen LogP contribution >= 0.6 is 11.6 Å². The Bertz CT molecular complexity index is 1920. The van der Waals surface area contributed by atoms with Crippen molar-refractivity contribution in [3.63, 3.8) is 0 Å². The van der Waals surface area contributed by atoms with Gasteiger partial charge in [-0.15, -0.1) is 0 Å². The Morgan fingerprint density at radius 2 is 1.76 bits per heavy atom. The average Bonchev–Trinajstić information content (AvgIpc) is 2.98. The lowest BCUT2D eigenvalue weighted by atomic mass is 9.76. The highest BCUT2D eigenvalue weighted by Crippen LogP contribution is 2.61. The topological polar surface area (TPSA) is 157 Å². The quantitative estimate of drug-likeness (QED) is 0.231. The van der Waals surface area contributed by atoms with Crippen LogP contribution in [-0.4, -0.2) is 67.5 Å². The molecule has 4 atom stereocenters. The summed E-state index contributed by atoms with van der Waals surface area (Å²) in [5, 5.41) is 34.7. The number of rotatable bonds is 3. The Balaban J connectivity index is 1.65. The zero-order valence-corrected chi connectivity index (χ0v) is 23.4. The van der Waals surface area contributed by atoms with Gasteiger partial charge in [0.15, 0.2) is 35.7 Å². The van der Waals surface area contributed by atoms with E-state index in [1.165, 1.54) is 51.5 Å². The molecular weight excluding hydrogens is 579 g/mol. The van der Waals surface area contributed by atoms with Gasteiger partial charge in [0.2, 0.25) is 5.43 Å². The Labute approximate surface area is 242 Å². The maximum Gasteiger partial charge on any atom is 0.259 e. The molecule has 0 spiro atoms. The van der Waals surface area contributed by atoms with E-state index in [1.807, 2.05) is 0 Å². The number of ether oxygens (including phenoxy) is 5. The molecule has 1 amide bonds. The number of amides is 1. The molecule has 3 aliphatic rings. The van der Waals surface area contributed by atoms with Gasteiger partial charge in [0, 0.05) is 43.5 Å². The molecule has 1 aliphatic carbocycles. The van der Waals surface area contributed by atoms with E-state index in [1.54, 1.807) is 0 Å². The maximum atomic E-state index is 13.9. The maximum absolute atomic E-state index is 13.9. The highest BCUT2D eigenvalue weighted by atomic mass is 35.5. The number of phenolic OH excluding ortho intramolecular Hbond substituents is 2. The van der Waals surface area contributed by atoms with Crippen LogP contribution in [0.1, 0.15) is 45.4 Å². The molecule has 12 nitrogen and oxygen atoms in total. The third-order valence-electron chi connectivity index (χ3n) is 8.29. The van der Waals surface area contributed by atoms with Crippen molar-refractivity contribution >= 4 is 39.4 Å². The summed E-state index contributed by atoms with van der Waals surface area (Å²) in [6.07, 6.45) is -4.10. The Hall–Kier alpha value is -4.07. The fourth-order valence-corrected chi connectivity index (χ4v) is 6.66. The van der Waals surface area contributed by atoms with Crippen LogP contribution in [0.4, 0.5) is 0 Å². The Kier molecular flexibility index (Phi) is 5.88. The number of aromatic hydroxyl groups is 2. The first-order valence-electron chi connectivity index (χ1n) is 12.8. The fourth-order valence-electron chi connectivity index (χ4n) is 6.43. The van der Waals surface area contributed by atoms with Crippen LogP contribution in [0.3, 0.4) is 0 Å². The summed E-state index contributed by atoms with van der Waals surface area (Å²) in [6, 6.07) is 4.46. The minimum absolute atomic E-state index is 0.0113. The molecule has 1 aromatic heterocycles. The zero-order valence-electron chi connectivity index (χ0n) is 22.7. The van der Waals surface area contributed by atoms with Gasteiger partial charge in [-0.25, -0.2) is 0 Å². The van der Waals surface area contributed by atoms with Gasteiger partial charge in [-0.05, 0) is 23.8 Å². The molecular formula is C29H24ClNO11. The van der Waals surface area contributed by atoms with Crippen molar-refractivity contribution in [3.8, 4) is 34.1 Å². The summed E-state index contributed by atoms with van der Waals surface area (Å²) in [6.45, 7) is -0.255. The van der Waals surface area contributed by atoms with Crippen molar-refractivity contribution in [2.45, 2.75) is 24.5 Å². The molecule has 0 unspecified atom stereocenters. The van der Waals surface area contributed by atoms with E-state index in [0.717, 1.165) is 0 Å². The summed E-state index contributed by atoms with van der Waals surface area (Å²) in [4.78, 5) is 28.5. The molecule has 4 aromatic rings. The number of phenols is 2. The number of hydrogen-bond acceptors (Lipinski definition) is 11. The van der Waals surface area contributed by atoms with Gasteiger partial charge < -0.3 is 48.3 Å². The second-order valence-electron chi connectivity index (χ2n) is 10.2. The van der Waals surface area contributed by atoms with Crippen molar-refractivity contribution in [1.82, 2.24) is 4.90 Å². The van der Waals surface area contributed by atoms with Gasteiger partial charge in [0.1, 0.15) is 35.2 Å². The molecule has 3 aromatic carbocycles. The predicted octanol–water partition coefficient (Wildman–Crippen LogP) is 3.89. The molecule has 42 heavy (non-hydrogen) atoms. The lowest BCUT2D eigenvalue weighted by Crippen LogP contribution is -2.47. The standard InChI is InChI=1S/C29H24ClNO11/c1-31-28(36)14-10(19(33)29(31)39-4)7-11-13(20(14)34)15-16-25(22(11)37-2)40-8-41-26(16)27-17(21(15)35)18(32)9-5-6-12(30)24(38-3)23(9)42-27/h5-7,19,22,25,29,33-35H,8H2,1-4H3/t19-,22+,25-,29-/m0/s1/i1+1,2+1,3+1,4+1,8+1. The number of nitrogens with zero attached hydrogens (tertiary/aromatic N) is 1. The van der Waals surface area contributed by atoms with Crippen molar-refractivity contribution in [2.75, 3.05) is 35.2 Å². The SMILES string of the molecule is [13CH3]Oc1c(Cl)ccc2c(=O)c3c(O)c4c5c(c3oc12)O[13CH2]O[C@@H]5[C@H](O[13CH3])c1cc2c(c(O)c1-4)C(=O)N([13CH3])[C@@H](O[13CH3])[C@H]2O. The van der Waals surface area contributed by atoms with Gasteiger partial charge in [0.25, 0.3) is 5.91 Å². The number of carbonyl (C=O) groups excluding carboxylic acids is 1. The summed E-state index contributed by atoms with van der Waals surface area (Å²) in [5.74, 6) is -1.45. The lowest BCUT2D eigenvalue weighted by molar-refractivity contribution is -0.121.